The molecule has 0 aromatic heterocycles. The maximum Gasteiger partial charge on any atom is 0.159 e. The van der Waals surface area contributed by atoms with Gasteiger partial charge in [0.15, 0.2) is 5.78 Å². The molecule has 0 N–H and O–H groups in total. The third kappa shape index (κ3) is 3.11. The predicted octanol–water partition coefficient (Wildman–Crippen LogP) is 3.64. The first-order chi connectivity index (χ1) is 8.25. The van der Waals surface area contributed by atoms with Gasteiger partial charge in [0.05, 0.1) is 5.69 Å². The largest absolute Gasteiger partial charge is 0.295 e. The van der Waals surface area contributed by atoms with Gasteiger partial charge in [0.1, 0.15) is 0 Å². The Kier molecular flexibility index (Phi) is 3.46. The lowest BCUT2D eigenvalue weighted by atomic mass is 10.1. The molecule has 0 heterocycles. The summed E-state index contributed by atoms with van der Waals surface area (Å²) in [5, 5.41) is 0. The van der Waals surface area contributed by atoms with Crippen molar-refractivity contribution in [2.24, 2.45) is 4.99 Å². The van der Waals surface area contributed by atoms with Crippen molar-refractivity contribution in [3.05, 3.63) is 65.7 Å². The molecule has 0 saturated carbocycles. The van der Waals surface area contributed by atoms with E-state index in [4.69, 9.17) is 0 Å². The van der Waals surface area contributed by atoms with Crippen molar-refractivity contribution in [1.29, 1.82) is 0 Å². The van der Waals surface area contributed by atoms with Crippen molar-refractivity contribution in [2.45, 2.75) is 6.92 Å². The maximum absolute atomic E-state index is 11.1. The zero-order valence-corrected chi connectivity index (χ0v) is 9.63. The Morgan fingerprint density at radius 3 is 2.24 bits per heavy atom. The van der Waals surface area contributed by atoms with Crippen LogP contribution in [-0.2, 0) is 0 Å². The van der Waals surface area contributed by atoms with E-state index in [0.717, 1.165) is 11.3 Å². The molecule has 2 nitrogen and oxygen atoms in total. The van der Waals surface area contributed by atoms with Crippen LogP contribution in [0.25, 0.3) is 0 Å². The van der Waals surface area contributed by atoms with Gasteiger partial charge < -0.3 is 0 Å². The van der Waals surface area contributed by atoms with Gasteiger partial charge in [-0.1, -0.05) is 30.3 Å². The fourth-order valence-corrected chi connectivity index (χ4v) is 1.47. The molecule has 2 heteroatoms. The molecule has 0 fully saturated rings. The molecule has 0 aliphatic heterocycles. The van der Waals surface area contributed by atoms with Crippen molar-refractivity contribution in [3.63, 3.8) is 0 Å². The molecule has 0 unspecified atom stereocenters. The number of Topliss-reactive ketones (excluding diaryl/α,β-unsaturated/α-hetero) is 1. The minimum Gasteiger partial charge on any atom is -0.295 e. The van der Waals surface area contributed by atoms with Crippen LogP contribution < -0.4 is 0 Å². The molecule has 0 saturated heterocycles. The number of carbonyl (C=O) groups excluding carboxylic acids is 1. The second-order valence-electron chi connectivity index (χ2n) is 3.77. The monoisotopic (exact) mass is 223 g/mol. The second kappa shape index (κ2) is 5.21. The predicted molar refractivity (Wildman–Crippen MR) is 70.1 cm³/mol. The number of hydrogen-bond donors (Lipinski definition) is 0. The second-order valence-corrected chi connectivity index (χ2v) is 3.77. The average Bonchev–Trinajstić information content (AvgIpc) is 2.38. The molecule has 0 atom stereocenters. The van der Waals surface area contributed by atoms with Gasteiger partial charge in [0.2, 0.25) is 0 Å². The summed E-state index contributed by atoms with van der Waals surface area (Å²) in [7, 11) is 0. The number of rotatable bonds is 3. The Labute approximate surface area is 101 Å². The van der Waals surface area contributed by atoms with Gasteiger partial charge in [-0.2, -0.15) is 0 Å². The molecule has 0 radical (unpaired) electrons. The Hall–Kier alpha value is -2.22. The number of aliphatic imine (C=N–C) groups is 1. The van der Waals surface area contributed by atoms with Crippen LogP contribution in [0.5, 0.6) is 0 Å². The van der Waals surface area contributed by atoms with Gasteiger partial charge in [0.25, 0.3) is 0 Å². The van der Waals surface area contributed by atoms with Crippen LogP contribution >= 0.6 is 0 Å². The molecule has 17 heavy (non-hydrogen) atoms. The molecular weight excluding hydrogens is 210 g/mol. The normalized spacial score (nSPS) is 10.6. The van der Waals surface area contributed by atoms with Gasteiger partial charge >= 0.3 is 0 Å². The fraction of sp³-hybridized carbons (Fsp3) is 0.0667. The van der Waals surface area contributed by atoms with Crippen LogP contribution in [0, 0.1) is 0 Å². The van der Waals surface area contributed by atoms with Crippen LogP contribution in [0.15, 0.2) is 59.6 Å². The van der Waals surface area contributed by atoms with Crippen molar-refractivity contribution >= 4 is 17.7 Å². The quantitative estimate of drug-likeness (QED) is 0.577. The van der Waals surface area contributed by atoms with Gasteiger partial charge in [0, 0.05) is 11.8 Å². The van der Waals surface area contributed by atoms with E-state index in [1.165, 1.54) is 0 Å². The highest BCUT2D eigenvalue weighted by molar-refractivity contribution is 5.94. The Morgan fingerprint density at radius 2 is 1.65 bits per heavy atom. The van der Waals surface area contributed by atoms with Gasteiger partial charge in [-0.25, -0.2) is 0 Å². The van der Waals surface area contributed by atoms with E-state index in [9.17, 15) is 4.79 Å². The standard InChI is InChI=1S/C15H13NO/c1-12(17)14-7-9-15(10-8-14)16-11-13-5-3-2-4-6-13/h2-11H,1H3/b16-11+. The maximum atomic E-state index is 11.1. The third-order valence-corrected chi connectivity index (χ3v) is 2.44. The Balaban J connectivity index is 2.14. The highest BCUT2D eigenvalue weighted by atomic mass is 16.1. The zero-order chi connectivity index (χ0) is 12.1. The number of ketones is 1. The summed E-state index contributed by atoms with van der Waals surface area (Å²) in [4.78, 5) is 15.4. The van der Waals surface area contributed by atoms with E-state index < -0.39 is 0 Å². The molecule has 0 spiro atoms. The number of benzene rings is 2. The van der Waals surface area contributed by atoms with E-state index in [-0.39, 0.29) is 5.78 Å². The van der Waals surface area contributed by atoms with Gasteiger partial charge in [-0.3, -0.25) is 9.79 Å². The first-order valence-corrected chi connectivity index (χ1v) is 5.46. The van der Waals surface area contributed by atoms with Crippen molar-refractivity contribution in [1.82, 2.24) is 0 Å². The Bertz CT molecular complexity index is 527. The molecule has 84 valence electrons. The van der Waals surface area contributed by atoms with Crippen LogP contribution in [0.1, 0.15) is 22.8 Å². The van der Waals surface area contributed by atoms with E-state index in [1.807, 2.05) is 48.7 Å². The molecule has 2 aromatic carbocycles. The summed E-state index contributed by atoms with van der Waals surface area (Å²) in [5.41, 5.74) is 2.62. The summed E-state index contributed by atoms with van der Waals surface area (Å²) < 4.78 is 0. The zero-order valence-electron chi connectivity index (χ0n) is 9.63. The summed E-state index contributed by atoms with van der Waals surface area (Å²) in [6.07, 6.45) is 1.81. The first-order valence-electron chi connectivity index (χ1n) is 5.46. The SMILES string of the molecule is CC(=O)c1ccc(/N=C/c2ccccc2)cc1. The number of nitrogens with zero attached hydrogens (tertiary/aromatic N) is 1. The van der Waals surface area contributed by atoms with Crippen molar-refractivity contribution in [2.75, 3.05) is 0 Å². The molecule has 2 aromatic rings. The molecule has 0 amide bonds. The number of carbonyl (C=O) groups is 1. The topological polar surface area (TPSA) is 29.4 Å². The van der Waals surface area contributed by atoms with Crippen molar-refractivity contribution in [3.8, 4) is 0 Å². The minimum atomic E-state index is 0.0728. The summed E-state index contributed by atoms with van der Waals surface area (Å²) in [6, 6.07) is 17.2. The lowest BCUT2D eigenvalue weighted by Gasteiger charge is -1.96. The molecule has 0 bridgehead atoms. The Morgan fingerprint density at radius 1 is 1.00 bits per heavy atom. The van der Waals surface area contributed by atoms with Crippen LogP contribution in [0.4, 0.5) is 5.69 Å². The van der Waals surface area contributed by atoms with Crippen LogP contribution in [0.3, 0.4) is 0 Å². The fourth-order valence-electron chi connectivity index (χ4n) is 1.47. The lowest BCUT2D eigenvalue weighted by molar-refractivity contribution is 0.101. The first kappa shape index (κ1) is 11.3. The van der Waals surface area contributed by atoms with Gasteiger partial charge in [-0.15, -0.1) is 0 Å². The number of hydrogen-bond acceptors (Lipinski definition) is 2. The van der Waals surface area contributed by atoms with E-state index >= 15 is 0 Å². The van der Waals surface area contributed by atoms with Crippen molar-refractivity contribution < 1.29 is 4.79 Å². The molecule has 0 aliphatic carbocycles. The van der Waals surface area contributed by atoms with Crippen LogP contribution in [0.2, 0.25) is 0 Å². The molecule has 2 rings (SSSR count). The van der Waals surface area contributed by atoms with E-state index in [1.54, 1.807) is 19.1 Å². The highest BCUT2D eigenvalue weighted by Crippen LogP contribution is 2.13. The minimum absolute atomic E-state index is 0.0728. The molecular formula is C15H13NO. The summed E-state index contributed by atoms with van der Waals surface area (Å²) in [6.45, 7) is 1.56. The summed E-state index contributed by atoms with van der Waals surface area (Å²) >= 11 is 0. The summed E-state index contributed by atoms with van der Waals surface area (Å²) in [5.74, 6) is 0.0728. The lowest BCUT2D eigenvalue weighted by Crippen LogP contribution is -1.89. The van der Waals surface area contributed by atoms with E-state index in [0.29, 0.717) is 5.56 Å². The average molecular weight is 223 g/mol. The van der Waals surface area contributed by atoms with Gasteiger partial charge in [-0.05, 0) is 36.8 Å². The highest BCUT2D eigenvalue weighted by Gasteiger charge is 1.97. The molecule has 0 aliphatic rings. The smallest absolute Gasteiger partial charge is 0.159 e. The van der Waals surface area contributed by atoms with E-state index in [2.05, 4.69) is 4.99 Å². The van der Waals surface area contributed by atoms with Crippen LogP contribution in [-0.4, -0.2) is 12.0 Å². The third-order valence-electron chi connectivity index (χ3n) is 2.44.